The smallest absolute Gasteiger partial charge is 0.453 e. The highest BCUT2D eigenvalue weighted by molar-refractivity contribution is 5.90. The van der Waals surface area contributed by atoms with Crippen molar-refractivity contribution < 1.29 is 36.6 Å². The molecule has 0 N–H and O–H groups in total. The molecular formula is C38H42F3NO6. The molecule has 10 heteroatoms. The Morgan fingerprint density at radius 3 is 2.17 bits per heavy atom. The van der Waals surface area contributed by atoms with Crippen LogP contribution < -0.4 is 19.6 Å². The molecule has 4 aromatic rings. The van der Waals surface area contributed by atoms with Gasteiger partial charge >= 0.3 is 12.1 Å². The van der Waals surface area contributed by atoms with E-state index in [0.717, 1.165) is 11.1 Å². The number of fused-ring (bicyclic) bond motifs is 1. The zero-order valence-corrected chi connectivity index (χ0v) is 28.6. The minimum Gasteiger partial charge on any atom is -0.497 e. The molecule has 0 atom stereocenters. The molecule has 1 aromatic heterocycles. The molecule has 1 heterocycles. The quantitative estimate of drug-likeness (QED) is 0.0848. The van der Waals surface area contributed by atoms with Gasteiger partial charge in [0.15, 0.2) is 0 Å². The van der Waals surface area contributed by atoms with Gasteiger partial charge in [-0.05, 0) is 91.3 Å². The normalized spacial score (nSPS) is 12.1. The number of ether oxygens (including phenoxy) is 3. The first-order valence-corrected chi connectivity index (χ1v) is 15.8. The number of carbonyl (C=O) groups is 1. The maximum Gasteiger partial charge on any atom is 0.453 e. The number of benzene rings is 3. The van der Waals surface area contributed by atoms with Crippen LogP contribution in [0, 0.1) is 32.6 Å². The van der Waals surface area contributed by atoms with Crippen LogP contribution in [0.2, 0.25) is 0 Å². The van der Waals surface area contributed by atoms with E-state index >= 15 is 0 Å². The van der Waals surface area contributed by atoms with Crippen LogP contribution in [0.5, 0.6) is 23.0 Å². The second-order valence-corrected chi connectivity index (χ2v) is 12.8. The van der Waals surface area contributed by atoms with Crippen molar-refractivity contribution in [3.8, 4) is 23.0 Å². The lowest BCUT2D eigenvalue weighted by Gasteiger charge is -2.27. The molecule has 0 spiro atoms. The van der Waals surface area contributed by atoms with Crippen LogP contribution in [0.3, 0.4) is 0 Å². The summed E-state index contributed by atoms with van der Waals surface area (Å²) in [6.07, 6.45) is -2.31. The molecule has 0 saturated heterocycles. The number of halogens is 3. The van der Waals surface area contributed by atoms with Crippen molar-refractivity contribution in [2.75, 3.05) is 20.2 Å². The second-order valence-electron chi connectivity index (χ2n) is 12.8. The van der Waals surface area contributed by atoms with Crippen LogP contribution in [-0.2, 0) is 17.5 Å². The Kier molecular flexibility index (Phi) is 11.4. The van der Waals surface area contributed by atoms with Gasteiger partial charge in [-0.3, -0.25) is 9.69 Å². The van der Waals surface area contributed by atoms with Crippen molar-refractivity contribution in [2.24, 2.45) is 11.8 Å². The van der Waals surface area contributed by atoms with Crippen molar-refractivity contribution in [1.29, 1.82) is 0 Å². The summed E-state index contributed by atoms with van der Waals surface area (Å²) in [6.45, 7) is 14.7. The van der Waals surface area contributed by atoms with E-state index in [0.29, 0.717) is 30.0 Å². The summed E-state index contributed by atoms with van der Waals surface area (Å²) < 4.78 is 66.2. The SMILES string of the molecule is COc1ccc(C=CC(=O)Oc2ccc3c(=O)c(Oc4cc(C)cc(C)c4C)c(C(F)(F)F)oc3c2CN(CC(C)C)CC(C)C)cc1. The van der Waals surface area contributed by atoms with E-state index in [1.165, 1.54) is 18.2 Å². The van der Waals surface area contributed by atoms with E-state index in [9.17, 15) is 22.8 Å². The Morgan fingerprint density at radius 1 is 0.938 bits per heavy atom. The highest BCUT2D eigenvalue weighted by Crippen LogP contribution is 2.41. The average molecular weight is 666 g/mol. The number of alkyl halides is 3. The number of methoxy groups -OCH3 is 1. The van der Waals surface area contributed by atoms with Crippen molar-refractivity contribution in [1.82, 2.24) is 4.90 Å². The standard InChI is InChI=1S/C38H42F3NO6/c1-22(2)19-42(20-23(3)4)21-30-31(46-33(43)16-11-27-9-12-28(45-8)13-10-27)15-14-29-34(44)36(37(38(39,40)41)48-35(29)30)47-32-18-24(5)17-25(6)26(32)7/h9-18,22-23H,19-21H2,1-8H3. The Hall–Kier alpha value is -4.57. The fraction of sp³-hybridized carbons (Fsp3) is 0.368. The first-order chi connectivity index (χ1) is 22.6. The van der Waals surface area contributed by atoms with E-state index < -0.39 is 29.1 Å². The van der Waals surface area contributed by atoms with Gasteiger partial charge in [0.25, 0.3) is 5.76 Å². The Bertz CT molecular complexity index is 1850. The Morgan fingerprint density at radius 2 is 1.58 bits per heavy atom. The zero-order chi connectivity index (χ0) is 35.3. The van der Waals surface area contributed by atoms with Crippen LogP contribution in [0.4, 0.5) is 13.2 Å². The lowest BCUT2D eigenvalue weighted by molar-refractivity contribution is -0.154. The van der Waals surface area contributed by atoms with Gasteiger partial charge < -0.3 is 18.6 Å². The van der Waals surface area contributed by atoms with Crippen molar-refractivity contribution in [3.05, 3.63) is 98.4 Å². The maximum absolute atomic E-state index is 14.7. The van der Waals surface area contributed by atoms with Crippen molar-refractivity contribution in [2.45, 2.75) is 61.2 Å². The van der Waals surface area contributed by atoms with Gasteiger partial charge in [0.2, 0.25) is 11.2 Å². The monoisotopic (exact) mass is 665 g/mol. The number of hydrogen-bond donors (Lipinski definition) is 0. The molecule has 0 aliphatic heterocycles. The number of nitrogens with zero attached hydrogens (tertiary/aromatic N) is 1. The van der Waals surface area contributed by atoms with Gasteiger partial charge in [0.1, 0.15) is 22.8 Å². The second kappa shape index (κ2) is 15.1. The minimum atomic E-state index is -5.07. The van der Waals surface area contributed by atoms with Crippen LogP contribution in [0.15, 0.2) is 63.8 Å². The third kappa shape index (κ3) is 8.86. The Labute approximate surface area is 278 Å². The Balaban J connectivity index is 1.88. The molecule has 0 fully saturated rings. The van der Waals surface area contributed by atoms with Gasteiger partial charge in [-0.15, -0.1) is 0 Å². The molecule has 4 rings (SSSR count). The van der Waals surface area contributed by atoms with Crippen molar-refractivity contribution in [3.63, 3.8) is 0 Å². The lowest BCUT2D eigenvalue weighted by Crippen LogP contribution is -2.31. The summed E-state index contributed by atoms with van der Waals surface area (Å²) >= 11 is 0. The molecule has 0 radical (unpaired) electrons. The summed E-state index contributed by atoms with van der Waals surface area (Å²) in [5, 5.41) is -0.127. The molecule has 0 amide bonds. The maximum atomic E-state index is 14.7. The summed E-state index contributed by atoms with van der Waals surface area (Å²) in [7, 11) is 1.55. The molecule has 0 unspecified atom stereocenters. The number of carbonyl (C=O) groups excluding carboxylic acids is 1. The van der Waals surface area contributed by atoms with Crippen LogP contribution in [0.1, 0.15) is 61.3 Å². The number of rotatable bonds is 12. The molecule has 0 aliphatic rings. The summed E-state index contributed by atoms with van der Waals surface area (Å²) in [5.41, 5.74) is 1.71. The molecule has 7 nitrogen and oxygen atoms in total. The highest BCUT2D eigenvalue weighted by atomic mass is 19.4. The molecule has 3 aromatic carbocycles. The number of esters is 1. The zero-order valence-electron chi connectivity index (χ0n) is 28.6. The third-order valence-electron chi connectivity index (χ3n) is 7.68. The van der Waals surface area contributed by atoms with Crippen LogP contribution in [-0.4, -0.2) is 31.1 Å². The van der Waals surface area contributed by atoms with Gasteiger partial charge in [0.05, 0.1) is 18.1 Å². The summed E-state index contributed by atoms with van der Waals surface area (Å²) in [5.74, 6) is -2.08. The van der Waals surface area contributed by atoms with Crippen LogP contribution in [0.25, 0.3) is 17.0 Å². The van der Waals surface area contributed by atoms with E-state index in [1.807, 2.05) is 45.6 Å². The first-order valence-electron chi connectivity index (χ1n) is 15.8. The largest absolute Gasteiger partial charge is 0.497 e. The summed E-state index contributed by atoms with van der Waals surface area (Å²) in [6, 6.07) is 13.2. The van der Waals surface area contributed by atoms with Crippen molar-refractivity contribution >= 4 is 23.0 Å². The molecule has 48 heavy (non-hydrogen) atoms. The predicted octanol–water partition coefficient (Wildman–Crippen LogP) is 9.27. The topological polar surface area (TPSA) is 78.2 Å². The highest BCUT2D eigenvalue weighted by Gasteiger charge is 2.41. The van der Waals surface area contributed by atoms with E-state index in [2.05, 4.69) is 0 Å². The minimum absolute atomic E-state index is 0.0144. The van der Waals surface area contributed by atoms with Gasteiger partial charge in [-0.25, -0.2) is 4.79 Å². The van der Waals surface area contributed by atoms with E-state index in [-0.39, 0.29) is 46.4 Å². The third-order valence-corrected chi connectivity index (χ3v) is 7.68. The number of aryl methyl sites for hydroxylation is 2. The molecule has 0 saturated carbocycles. The average Bonchev–Trinajstić information content (AvgIpc) is 2.99. The predicted molar refractivity (Wildman–Crippen MR) is 181 cm³/mol. The summed E-state index contributed by atoms with van der Waals surface area (Å²) in [4.78, 5) is 29.0. The first kappa shape index (κ1) is 36.3. The van der Waals surface area contributed by atoms with E-state index in [1.54, 1.807) is 57.4 Å². The van der Waals surface area contributed by atoms with Gasteiger partial charge in [0, 0.05) is 25.7 Å². The molecule has 256 valence electrons. The van der Waals surface area contributed by atoms with E-state index in [4.69, 9.17) is 18.6 Å². The molecular weight excluding hydrogens is 623 g/mol. The fourth-order valence-corrected chi connectivity index (χ4v) is 5.50. The van der Waals surface area contributed by atoms with Gasteiger partial charge in [-0.2, -0.15) is 13.2 Å². The van der Waals surface area contributed by atoms with Gasteiger partial charge in [-0.1, -0.05) is 45.9 Å². The fourth-order valence-electron chi connectivity index (χ4n) is 5.50. The van der Waals surface area contributed by atoms with Crippen LogP contribution >= 0.6 is 0 Å². The number of hydrogen-bond acceptors (Lipinski definition) is 7. The molecule has 0 aliphatic carbocycles. The molecule has 0 bridgehead atoms. The lowest BCUT2D eigenvalue weighted by atomic mass is 10.0.